The number of hydrogen-bond donors (Lipinski definition) is 1. The van der Waals surface area contributed by atoms with Crippen molar-refractivity contribution in [2.75, 3.05) is 6.54 Å². The number of carbonyl (C=O) groups excluding carboxylic acids is 1. The SMILES string of the molecule is CCC1(C(=O)O)CCCN1C(=O)c1cccs1. The molecule has 1 aliphatic heterocycles. The predicted molar refractivity (Wildman–Crippen MR) is 65.2 cm³/mol. The number of thiophene rings is 1. The maximum absolute atomic E-state index is 12.3. The molecule has 0 radical (unpaired) electrons. The number of carboxylic acids is 1. The second-order valence-electron chi connectivity index (χ2n) is 4.23. The number of hydrogen-bond acceptors (Lipinski definition) is 3. The molecule has 17 heavy (non-hydrogen) atoms. The van der Waals surface area contributed by atoms with Crippen molar-refractivity contribution in [3.63, 3.8) is 0 Å². The first-order chi connectivity index (χ1) is 8.12. The van der Waals surface area contributed by atoms with Gasteiger partial charge in [0.1, 0.15) is 5.54 Å². The summed E-state index contributed by atoms with van der Waals surface area (Å²) in [6, 6.07) is 3.55. The Hall–Kier alpha value is -1.36. The van der Waals surface area contributed by atoms with Crippen LogP contribution in [0.1, 0.15) is 35.9 Å². The smallest absolute Gasteiger partial charge is 0.329 e. The molecule has 1 atom stereocenters. The van der Waals surface area contributed by atoms with Crippen LogP contribution >= 0.6 is 11.3 Å². The molecule has 1 aliphatic rings. The molecule has 1 saturated heterocycles. The number of likely N-dealkylation sites (tertiary alicyclic amines) is 1. The lowest BCUT2D eigenvalue weighted by Gasteiger charge is -2.33. The highest BCUT2D eigenvalue weighted by Gasteiger charge is 2.48. The molecule has 1 unspecified atom stereocenters. The number of carboxylic acid groups (broad SMARTS) is 1. The van der Waals surface area contributed by atoms with E-state index >= 15 is 0 Å². The summed E-state index contributed by atoms with van der Waals surface area (Å²) in [7, 11) is 0. The third-order valence-corrected chi connectivity index (χ3v) is 4.31. The number of nitrogens with zero attached hydrogens (tertiary/aromatic N) is 1. The van der Waals surface area contributed by atoms with Gasteiger partial charge >= 0.3 is 5.97 Å². The van der Waals surface area contributed by atoms with E-state index in [1.54, 1.807) is 6.07 Å². The van der Waals surface area contributed by atoms with Crippen LogP contribution in [0, 0.1) is 0 Å². The van der Waals surface area contributed by atoms with Crippen molar-refractivity contribution >= 4 is 23.2 Å². The van der Waals surface area contributed by atoms with Gasteiger partial charge in [0, 0.05) is 6.54 Å². The van der Waals surface area contributed by atoms with Gasteiger partial charge in [0.05, 0.1) is 4.88 Å². The van der Waals surface area contributed by atoms with Crippen LogP contribution in [0.4, 0.5) is 0 Å². The third kappa shape index (κ3) is 1.84. The molecule has 2 rings (SSSR count). The van der Waals surface area contributed by atoms with Crippen molar-refractivity contribution in [1.29, 1.82) is 0 Å². The third-order valence-electron chi connectivity index (χ3n) is 3.45. The van der Waals surface area contributed by atoms with Gasteiger partial charge in [-0.2, -0.15) is 0 Å². The minimum Gasteiger partial charge on any atom is -0.479 e. The summed E-state index contributed by atoms with van der Waals surface area (Å²) in [6.45, 7) is 2.37. The first kappa shape index (κ1) is 12.1. The Morgan fingerprint density at radius 3 is 2.88 bits per heavy atom. The van der Waals surface area contributed by atoms with E-state index < -0.39 is 11.5 Å². The van der Waals surface area contributed by atoms with E-state index in [-0.39, 0.29) is 5.91 Å². The maximum Gasteiger partial charge on any atom is 0.329 e. The van der Waals surface area contributed by atoms with Crippen LogP contribution < -0.4 is 0 Å². The van der Waals surface area contributed by atoms with E-state index in [9.17, 15) is 14.7 Å². The van der Waals surface area contributed by atoms with Gasteiger partial charge in [0.2, 0.25) is 0 Å². The largest absolute Gasteiger partial charge is 0.479 e. The first-order valence-corrected chi connectivity index (χ1v) is 6.58. The molecular formula is C12H15NO3S. The lowest BCUT2D eigenvalue weighted by molar-refractivity contribution is -0.148. The van der Waals surface area contributed by atoms with Gasteiger partial charge in [-0.1, -0.05) is 13.0 Å². The summed E-state index contributed by atoms with van der Waals surface area (Å²) in [5.41, 5.74) is -0.999. The highest BCUT2D eigenvalue weighted by Crippen LogP contribution is 2.34. The number of rotatable bonds is 3. The van der Waals surface area contributed by atoms with Crippen LogP contribution in [0.25, 0.3) is 0 Å². The van der Waals surface area contributed by atoms with Crippen molar-refractivity contribution in [2.24, 2.45) is 0 Å². The van der Waals surface area contributed by atoms with Crippen molar-refractivity contribution in [1.82, 2.24) is 4.90 Å². The summed E-state index contributed by atoms with van der Waals surface area (Å²) >= 11 is 1.36. The molecule has 0 spiro atoms. The lowest BCUT2D eigenvalue weighted by Crippen LogP contribution is -2.52. The molecule has 0 saturated carbocycles. The molecule has 1 amide bonds. The van der Waals surface area contributed by atoms with E-state index in [1.807, 2.05) is 18.4 Å². The zero-order valence-electron chi connectivity index (χ0n) is 9.68. The Balaban J connectivity index is 2.31. The van der Waals surface area contributed by atoms with Crippen LogP contribution in [0.5, 0.6) is 0 Å². The van der Waals surface area contributed by atoms with Gasteiger partial charge in [-0.25, -0.2) is 4.79 Å². The van der Waals surface area contributed by atoms with Crippen LogP contribution in [0.15, 0.2) is 17.5 Å². The fourth-order valence-corrected chi connectivity index (χ4v) is 3.12. The highest BCUT2D eigenvalue weighted by atomic mass is 32.1. The normalized spacial score (nSPS) is 23.9. The van der Waals surface area contributed by atoms with E-state index in [0.717, 1.165) is 6.42 Å². The number of amides is 1. The molecule has 1 N–H and O–H groups in total. The van der Waals surface area contributed by atoms with Gasteiger partial charge in [0.15, 0.2) is 0 Å². The molecule has 4 nitrogen and oxygen atoms in total. The van der Waals surface area contributed by atoms with Gasteiger partial charge in [-0.3, -0.25) is 4.79 Å². The fraction of sp³-hybridized carbons (Fsp3) is 0.500. The average Bonchev–Trinajstić information content (AvgIpc) is 2.97. The number of carbonyl (C=O) groups is 2. The second kappa shape index (κ2) is 4.49. The van der Waals surface area contributed by atoms with Gasteiger partial charge < -0.3 is 10.0 Å². The van der Waals surface area contributed by atoms with Crippen molar-refractivity contribution in [3.8, 4) is 0 Å². The average molecular weight is 253 g/mol. The number of aliphatic carboxylic acids is 1. The van der Waals surface area contributed by atoms with Crippen molar-refractivity contribution in [2.45, 2.75) is 31.7 Å². The van der Waals surface area contributed by atoms with Crippen LogP contribution in [0.2, 0.25) is 0 Å². The molecule has 0 aliphatic carbocycles. The van der Waals surface area contributed by atoms with Crippen LogP contribution in [-0.4, -0.2) is 34.0 Å². The standard InChI is InChI=1S/C12H15NO3S/c1-2-12(11(15)16)6-4-7-13(12)10(14)9-5-3-8-17-9/h3,5,8H,2,4,6-7H2,1H3,(H,15,16). The summed E-state index contributed by atoms with van der Waals surface area (Å²) < 4.78 is 0. The molecule has 1 fully saturated rings. The van der Waals surface area contributed by atoms with Gasteiger partial charge in [0.25, 0.3) is 5.91 Å². The van der Waals surface area contributed by atoms with Crippen molar-refractivity contribution < 1.29 is 14.7 Å². The van der Waals surface area contributed by atoms with Gasteiger partial charge in [-0.15, -0.1) is 11.3 Å². The van der Waals surface area contributed by atoms with E-state index in [1.165, 1.54) is 16.2 Å². The molecule has 2 heterocycles. The minimum atomic E-state index is -0.999. The predicted octanol–water partition coefficient (Wildman–Crippen LogP) is 2.22. The van der Waals surface area contributed by atoms with E-state index in [0.29, 0.717) is 24.3 Å². The topological polar surface area (TPSA) is 57.6 Å². The zero-order chi connectivity index (χ0) is 12.5. The summed E-state index contributed by atoms with van der Waals surface area (Å²) in [5.74, 6) is -1.04. The van der Waals surface area contributed by atoms with Crippen molar-refractivity contribution in [3.05, 3.63) is 22.4 Å². The first-order valence-electron chi connectivity index (χ1n) is 5.70. The Morgan fingerprint density at radius 2 is 2.35 bits per heavy atom. The summed E-state index contributed by atoms with van der Waals surface area (Å²) in [5, 5.41) is 11.2. The fourth-order valence-electron chi connectivity index (χ4n) is 2.45. The molecule has 5 heteroatoms. The summed E-state index contributed by atoms with van der Waals surface area (Å²) in [6.07, 6.45) is 1.77. The molecule has 92 valence electrons. The Bertz CT molecular complexity index is 429. The van der Waals surface area contributed by atoms with Crippen LogP contribution in [-0.2, 0) is 4.79 Å². The Morgan fingerprint density at radius 1 is 1.59 bits per heavy atom. The molecular weight excluding hydrogens is 238 g/mol. The molecule has 0 bridgehead atoms. The summed E-state index contributed by atoms with van der Waals surface area (Å²) in [4.78, 5) is 25.9. The monoisotopic (exact) mass is 253 g/mol. The molecule has 0 aromatic carbocycles. The Kier molecular flexibility index (Phi) is 3.19. The second-order valence-corrected chi connectivity index (χ2v) is 5.18. The zero-order valence-corrected chi connectivity index (χ0v) is 10.5. The van der Waals surface area contributed by atoms with E-state index in [2.05, 4.69) is 0 Å². The quantitative estimate of drug-likeness (QED) is 0.898. The molecule has 1 aromatic heterocycles. The lowest BCUT2D eigenvalue weighted by atomic mass is 9.93. The van der Waals surface area contributed by atoms with E-state index in [4.69, 9.17) is 0 Å². The Labute approximate surface area is 104 Å². The van der Waals surface area contributed by atoms with Crippen LogP contribution in [0.3, 0.4) is 0 Å². The highest BCUT2D eigenvalue weighted by molar-refractivity contribution is 7.12. The molecule has 1 aromatic rings. The maximum atomic E-state index is 12.3. The van der Waals surface area contributed by atoms with Gasteiger partial charge in [-0.05, 0) is 30.7 Å². The minimum absolute atomic E-state index is 0.151.